The predicted octanol–water partition coefficient (Wildman–Crippen LogP) is 3.23. The third-order valence-electron chi connectivity index (χ3n) is 1.47. The van der Waals surface area contributed by atoms with Crippen molar-refractivity contribution in [2.24, 2.45) is 5.41 Å². The molecule has 76 valence electrons. The first-order valence-corrected chi connectivity index (χ1v) is 3.44. The largest absolute Gasteiger partial charge is 0.453 e. The van der Waals surface area contributed by atoms with E-state index in [-0.39, 0.29) is 0 Å². The summed E-state index contributed by atoms with van der Waals surface area (Å²) in [5, 5.41) is 0. The molecule has 0 amide bonds. The van der Waals surface area contributed by atoms with Crippen LogP contribution in [0.1, 0.15) is 20.3 Å². The van der Waals surface area contributed by atoms with Gasteiger partial charge in [-0.05, 0) is 13.8 Å². The summed E-state index contributed by atoms with van der Waals surface area (Å²) in [5.41, 5.74) is -1.46. The molecule has 0 aromatic carbocycles. The topological polar surface area (TPSA) is 0 Å². The second-order valence-electron chi connectivity index (χ2n) is 3.41. The molecule has 0 spiro atoms. The fraction of sp³-hybridized carbons (Fsp3) is 0.750. The Morgan fingerprint density at radius 2 is 1.46 bits per heavy atom. The minimum absolute atomic E-state index is 1.16. The summed E-state index contributed by atoms with van der Waals surface area (Å²) in [6.45, 7) is 2.32. The van der Waals surface area contributed by atoms with Crippen LogP contribution in [0.4, 0.5) is 22.0 Å². The van der Waals surface area contributed by atoms with Gasteiger partial charge in [0.05, 0.1) is 0 Å². The van der Waals surface area contributed by atoms with Crippen molar-refractivity contribution in [2.75, 3.05) is 0 Å². The Labute approximate surface area is 73.1 Å². The highest BCUT2D eigenvalue weighted by atomic mass is 19.4. The van der Waals surface area contributed by atoms with Crippen molar-refractivity contribution in [1.82, 2.24) is 0 Å². The molecule has 5 heteroatoms. The van der Waals surface area contributed by atoms with E-state index in [4.69, 9.17) is 6.42 Å². The number of hydrogen-bond acceptors (Lipinski definition) is 0. The van der Waals surface area contributed by atoms with E-state index in [9.17, 15) is 22.0 Å². The first-order chi connectivity index (χ1) is 5.52. The second kappa shape index (κ2) is 3.17. The molecule has 0 unspecified atom stereocenters. The van der Waals surface area contributed by atoms with Crippen molar-refractivity contribution >= 4 is 0 Å². The molecular formula is C8H9F5. The van der Waals surface area contributed by atoms with E-state index in [2.05, 4.69) is 0 Å². The van der Waals surface area contributed by atoms with Gasteiger partial charge in [-0.3, -0.25) is 0 Å². The van der Waals surface area contributed by atoms with Gasteiger partial charge in [0.1, 0.15) is 0 Å². The van der Waals surface area contributed by atoms with Crippen LogP contribution >= 0.6 is 0 Å². The maximum atomic E-state index is 12.4. The second-order valence-corrected chi connectivity index (χ2v) is 3.41. The van der Waals surface area contributed by atoms with Crippen molar-refractivity contribution in [2.45, 2.75) is 32.4 Å². The van der Waals surface area contributed by atoms with Crippen LogP contribution in [0, 0.1) is 17.8 Å². The molecule has 0 nitrogen and oxygen atoms in total. The molecule has 0 rings (SSSR count). The lowest BCUT2D eigenvalue weighted by Gasteiger charge is -2.26. The minimum Gasteiger partial charge on any atom is -0.196 e. The predicted molar refractivity (Wildman–Crippen MR) is 38.2 cm³/mol. The van der Waals surface area contributed by atoms with Gasteiger partial charge in [-0.15, -0.1) is 12.3 Å². The molecule has 0 saturated heterocycles. The van der Waals surface area contributed by atoms with Crippen LogP contribution in [0.2, 0.25) is 0 Å². The summed E-state index contributed by atoms with van der Waals surface area (Å²) in [5.74, 6) is -2.83. The zero-order chi connectivity index (χ0) is 10.9. The molecule has 0 aliphatic carbocycles. The Kier molecular flexibility index (Phi) is 2.97. The Balaban J connectivity index is 4.64. The first kappa shape index (κ1) is 12.2. The normalized spacial score (nSPS) is 14.0. The van der Waals surface area contributed by atoms with Crippen LogP contribution < -0.4 is 0 Å². The van der Waals surface area contributed by atoms with Gasteiger partial charge in [0.25, 0.3) is 0 Å². The van der Waals surface area contributed by atoms with Gasteiger partial charge in [-0.25, -0.2) is 0 Å². The minimum atomic E-state index is -5.53. The van der Waals surface area contributed by atoms with E-state index in [0.717, 1.165) is 13.8 Å². The van der Waals surface area contributed by atoms with E-state index in [0.29, 0.717) is 0 Å². The molecule has 0 aromatic rings. The average molecular weight is 200 g/mol. The lowest BCUT2D eigenvalue weighted by molar-refractivity contribution is -0.289. The van der Waals surface area contributed by atoms with Crippen molar-refractivity contribution in [3.05, 3.63) is 0 Å². The highest BCUT2D eigenvalue weighted by Crippen LogP contribution is 2.43. The summed E-state index contributed by atoms with van der Waals surface area (Å²) in [6.07, 6.45) is -2.11. The fourth-order valence-corrected chi connectivity index (χ4v) is 0.706. The summed E-state index contributed by atoms with van der Waals surface area (Å²) < 4.78 is 59.8. The van der Waals surface area contributed by atoms with Gasteiger partial charge in [0, 0.05) is 11.8 Å². The van der Waals surface area contributed by atoms with Crippen LogP contribution in [-0.4, -0.2) is 12.1 Å². The van der Waals surface area contributed by atoms with Gasteiger partial charge in [-0.1, -0.05) is 0 Å². The Morgan fingerprint density at radius 1 is 1.08 bits per heavy atom. The van der Waals surface area contributed by atoms with Crippen LogP contribution in [0.5, 0.6) is 0 Å². The number of hydrogen-bond donors (Lipinski definition) is 0. The SMILES string of the molecule is C#CC(C)(C)CC(F)(F)C(F)(F)F. The molecule has 0 fully saturated rings. The van der Waals surface area contributed by atoms with Crippen LogP contribution in [-0.2, 0) is 0 Å². The number of alkyl halides is 5. The van der Waals surface area contributed by atoms with Crippen molar-refractivity contribution in [3.63, 3.8) is 0 Å². The summed E-state index contributed by atoms with van der Waals surface area (Å²) in [4.78, 5) is 0. The van der Waals surface area contributed by atoms with Crippen molar-refractivity contribution in [1.29, 1.82) is 0 Å². The Hall–Kier alpha value is -0.790. The number of halogens is 5. The molecule has 0 aromatic heterocycles. The van der Waals surface area contributed by atoms with Gasteiger partial charge >= 0.3 is 12.1 Å². The first-order valence-electron chi connectivity index (χ1n) is 3.44. The molecule has 0 bridgehead atoms. The molecule has 0 atom stereocenters. The zero-order valence-corrected chi connectivity index (χ0v) is 7.17. The number of rotatable bonds is 2. The van der Waals surface area contributed by atoms with Crippen LogP contribution in [0.25, 0.3) is 0 Å². The molecule has 13 heavy (non-hydrogen) atoms. The molecule has 0 N–H and O–H groups in total. The average Bonchev–Trinajstić information content (AvgIpc) is 1.83. The van der Waals surface area contributed by atoms with Gasteiger partial charge in [0.15, 0.2) is 0 Å². The maximum Gasteiger partial charge on any atom is 0.453 e. The lowest BCUT2D eigenvalue weighted by Crippen LogP contribution is -2.40. The van der Waals surface area contributed by atoms with E-state index in [1.807, 2.05) is 5.92 Å². The summed E-state index contributed by atoms with van der Waals surface area (Å²) in [7, 11) is 0. The van der Waals surface area contributed by atoms with Crippen LogP contribution in [0.3, 0.4) is 0 Å². The van der Waals surface area contributed by atoms with E-state index in [1.54, 1.807) is 0 Å². The van der Waals surface area contributed by atoms with Crippen molar-refractivity contribution in [3.8, 4) is 12.3 Å². The zero-order valence-electron chi connectivity index (χ0n) is 7.17. The molecule has 0 heterocycles. The van der Waals surface area contributed by atoms with Gasteiger partial charge in [0.2, 0.25) is 0 Å². The maximum absolute atomic E-state index is 12.4. The smallest absolute Gasteiger partial charge is 0.196 e. The van der Waals surface area contributed by atoms with Crippen molar-refractivity contribution < 1.29 is 22.0 Å². The van der Waals surface area contributed by atoms with E-state index in [1.165, 1.54) is 0 Å². The Bertz CT molecular complexity index is 218. The highest BCUT2D eigenvalue weighted by Gasteiger charge is 2.58. The van der Waals surface area contributed by atoms with Gasteiger partial charge < -0.3 is 0 Å². The third-order valence-corrected chi connectivity index (χ3v) is 1.47. The molecule has 0 radical (unpaired) electrons. The fourth-order valence-electron chi connectivity index (χ4n) is 0.706. The molecular weight excluding hydrogens is 191 g/mol. The quantitative estimate of drug-likeness (QED) is 0.474. The Morgan fingerprint density at radius 3 is 1.69 bits per heavy atom. The van der Waals surface area contributed by atoms with Crippen LogP contribution in [0.15, 0.2) is 0 Å². The summed E-state index contributed by atoms with van der Waals surface area (Å²) in [6, 6.07) is 0. The number of terminal acetylenes is 1. The third kappa shape index (κ3) is 3.21. The molecule has 0 aliphatic rings. The molecule has 0 aliphatic heterocycles. The van der Waals surface area contributed by atoms with E-state index >= 15 is 0 Å². The monoisotopic (exact) mass is 200 g/mol. The van der Waals surface area contributed by atoms with Gasteiger partial charge in [-0.2, -0.15) is 22.0 Å². The van der Waals surface area contributed by atoms with E-state index < -0.39 is 23.9 Å². The highest BCUT2D eigenvalue weighted by molar-refractivity contribution is 5.03. The standard InChI is InChI=1S/C8H9F5/c1-4-6(2,3)5-7(9,10)8(11,12)13/h1H,5H2,2-3H3. The lowest BCUT2D eigenvalue weighted by atomic mass is 9.87. The molecule has 0 saturated carbocycles. The summed E-state index contributed by atoms with van der Waals surface area (Å²) >= 11 is 0.